The van der Waals surface area contributed by atoms with Crippen LogP contribution in [0.5, 0.6) is 5.75 Å². The van der Waals surface area contributed by atoms with Gasteiger partial charge in [0.15, 0.2) is 6.10 Å². The highest BCUT2D eigenvalue weighted by Crippen LogP contribution is 2.65. The van der Waals surface area contributed by atoms with Crippen molar-refractivity contribution < 1.29 is 32.2 Å². The Labute approximate surface area is 207 Å². The van der Waals surface area contributed by atoms with Crippen molar-refractivity contribution in [3.05, 3.63) is 64.8 Å². The normalized spacial score (nSPS) is 28.4. The van der Waals surface area contributed by atoms with Crippen LogP contribution in [0, 0.1) is 5.82 Å². The van der Waals surface area contributed by atoms with Crippen molar-refractivity contribution in [1.82, 2.24) is 20.1 Å². The number of aliphatic hydroxyl groups excluding tert-OH is 1. The summed E-state index contributed by atoms with van der Waals surface area (Å²) in [5, 5.41) is 17.7. The number of halogens is 5. The molecular weight excluding hydrogens is 504 g/mol. The fraction of sp³-hybridized carbons (Fsp3) is 0.375. The molecule has 1 aromatic carbocycles. The van der Waals surface area contributed by atoms with Crippen molar-refractivity contribution in [1.29, 1.82) is 0 Å². The molecule has 0 spiro atoms. The third-order valence-corrected chi connectivity index (χ3v) is 7.55. The maximum absolute atomic E-state index is 13.8. The quantitative estimate of drug-likeness (QED) is 0.496. The first-order chi connectivity index (χ1) is 17.0. The Hall–Kier alpha value is -3.18. The fourth-order valence-corrected chi connectivity index (χ4v) is 5.67. The summed E-state index contributed by atoms with van der Waals surface area (Å²) in [5.41, 5.74) is -0.196. The number of alkyl halides is 3. The van der Waals surface area contributed by atoms with Crippen LogP contribution in [-0.2, 0) is 16.5 Å². The van der Waals surface area contributed by atoms with E-state index < -0.39 is 41.2 Å². The third-order valence-electron chi connectivity index (χ3n) is 7.26. The van der Waals surface area contributed by atoms with Crippen LogP contribution in [0.2, 0.25) is 5.02 Å². The van der Waals surface area contributed by atoms with Gasteiger partial charge in [-0.15, -0.1) is 0 Å². The minimum atomic E-state index is -4.45. The topological polar surface area (TPSA) is 89.3 Å². The van der Waals surface area contributed by atoms with Gasteiger partial charge in [0.05, 0.1) is 34.1 Å². The lowest BCUT2D eigenvalue weighted by molar-refractivity contribution is -0.165. The van der Waals surface area contributed by atoms with Crippen LogP contribution in [0.1, 0.15) is 42.9 Å². The zero-order chi connectivity index (χ0) is 25.5. The Morgan fingerprint density at radius 3 is 2.64 bits per heavy atom. The van der Waals surface area contributed by atoms with E-state index in [-0.39, 0.29) is 22.7 Å². The smallest absolute Gasteiger partial charge is 0.417 e. The van der Waals surface area contributed by atoms with E-state index in [0.29, 0.717) is 36.1 Å². The van der Waals surface area contributed by atoms with Crippen molar-refractivity contribution in [2.75, 3.05) is 0 Å². The molecule has 3 aliphatic carbocycles. The number of rotatable bonds is 4. The Morgan fingerprint density at radius 2 is 1.97 bits per heavy atom. The van der Waals surface area contributed by atoms with Gasteiger partial charge in [-0.2, -0.15) is 18.3 Å². The molecular formula is C24H19ClF4N4O3. The number of aliphatic hydroxyl groups is 1. The molecule has 1 aliphatic heterocycles. The highest BCUT2D eigenvalue weighted by Gasteiger charge is 2.70. The molecule has 0 radical (unpaired) electrons. The molecule has 7 nitrogen and oxygen atoms in total. The molecule has 3 heterocycles. The summed E-state index contributed by atoms with van der Waals surface area (Å²) in [6.07, 6.45) is -0.429. The predicted octanol–water partition coefficient (Wildman–Crippen LogP) is 4.39. The standard InChI is InChI=1S/C24H19ClF4N4O3/c25-15-3-14-18(34)5-20(36-19(14)4-16(15)26)21(35)32-22-9-23(10-22,11-22)33-8-12(6-31-33)17-2-1-13(7-30-17)24(27,28)29/h1-4,6-8,18,20,34H,5,9-11H2,(H,32,35)/t18-,20-,22?,23?/m1/s1. The summed E-state index contributed by atoms with van der Waals surface area (Å²) in [7, 11) is 0. The van der Waals surface area contributed by atoms with E-state index in [9.17, 15) is 27.5 Å². The molecule has 2 N–H and O–H groups in total. The Balaban J connectivity index is 1.09. The largest absolute Gasteiger partial charge is 0.480 e. The van der Waals surface area contributed by atoms with Crippen LogP contribution >= 0.6 is 11.6 Å². The molecule has 3 saturated carbocycles. The lowest BCUT2D eigenvalue weighted by Gasteiger charge is -2.70. The number of hydrogen-bond donors (Lipinski definition) is 2. The number of ether oxygens (including phenoxy) is 1. The maximum Gasteiger partial charge on any atom is 0.417 e. The number of amides is 1. The van der Waals surface area contributed by atoms with Gasteiger partial charge in [-0.3, -0.25) is 14.5 Å². The third kappa shape index (κ3) is 3.64. The number of nitrogens with zero attached hydrogens (tertiary/aromatic N) is 3. The van der Waals surface area contributed by atoms with Crippen LogP contribution < -0.4 is 10.1 Å². The van der Waals surface area contributed by atoms with Gasteiger partial charge in [-0.1, -0.05) is 11.6 Å². The number of carbonyl (C=O) groups excluding carboxylic acids is 1. The zero-order valence-electron chi connectivity index (χ0n) is 18.5. The number of carbonyl (C=O) groups is 1. The second kappa shape index (κ2) is 7.66. The molecule has 0 unspecified atom stereocenters. The van der Waals surface area contributed by atoms with Crippen LogP contribution in [0.3, 0.4) is 0 Å². The van der Waals surface area contributed by atoms with E-state index >= 15 is 0 Å². The number of hydrogen-bond acceptors (Lipinski definition) is 5. The summed E-state index contributed by atoms with van der Waals surface area (Å²) in [6, 6.07) is 4.66. The number of pyridine rings is 1. The van der Waals surface area contributed by atoms with E-state index in [1.807, 2.05) is 0 Å². The zero-order valence-corrected chi connectivity index (χ0v) is 19.3. The molecule has 188 valence electrons. The monoisotopic (exact) mass is 522 g/mol. The van der Waals surface area contributed by atoms with Crippen molar-refractivity contribution in [3.8, 4) is 17.0 Å². The molecule has 7 rings (SSSR count). The van der Waals surface area contributed by atoms with Gasteiger partial charge < -0.3 is 15.2 Å². The molecule has 4 aliphatic rings. The summed E-state index contributed by atoms with van der Waals surface area (Å²) in [6.45, 7) is 0. The van der Waals surface area contributed by atoms with E-state index in [1.54, 1.807) is 17.1 Å². The van der Waals surface area contributed by atoms with E-state index in [1.165, 1.54) is 12.1 Å². The average molecular weight is 523 g/mol. The van der Waals surface area contributed by atoms with Crippen molar-refractivity contribution in [2.45, 2.75) is 55.1 Å². The molecule has 2 bridgehead atoms. The SMILES string of the molecule is O=C(NC12CC(n3cc(-c4ccc(C(F)(F)F)cn4)cn3)(C1)C2)[C@H]1C[C@@H](O)c2cc(Cl)c(F)cc2O1. The van der Waals surface area contributed by atoms with Gasteiger partial charge in [0, 0.05) is 41.5 Å². The molecule has 1 amide bonds. The molecule has 3 fully saturated rings. The van der Waals surface area contributed by atoms with E-state index in [2.05, 4.69) is 15.4 Å². The highest BCUT2D eigenvalue weighted by molar-refractivity contribution is 6.30. The molecule has 3 aromatic rings. The van der Waals surface area contributed by atoms with Gasteiger partial charge >= 0.3 is 6.18 Å². The van der Waals surface area contributed by atoms with Gasteiger partial charge in [0.2, 0.25) is 0 Å². The number of benzene rings is 1. The van der Waals surface area contributed by atoms with Crippen LogP contribution in [0.15, 0.2) is 42.9 Å². The Morgan fingerprint density at radius 1 is 1.22 bits per heavy atom. The number of aromatic nitrogens is 3. The second-order valence-electron chi connectivity index (χ2n) is 9.79. The molecule has 12 heteroatoms. The van der Waals surface area contributed by atoms with E-state index in [0.717, 1.165) is 18.3 Å². The lowest BCUT2D eigenvalue weighted by atomic mass is 9.44. The summed E-state index contributed by atoms with van der Waals surface area (Å²) in [5.74, 6) is -1.00. The Kier molecular flexibility index (Phi) is 4.94. The molecule has 2 atom stereocenters. The molecule has 36 heavy (non-hydrogen) atoms. The first-order valence-electron chi connectivity index (χ1n) is 11.2. The molecule has 2 aromatic heterocycles. The summed E-state index contributed by atoms with van der Waals surface area (Å²) in [4.78, 5) is 16.8. The highest BCUT2D eigenvalue weighted by atomic mass is 35.5. The first-order valence-corrected chi connectivity index (χ1v) is 11.6. The second-order valence-corrected chi connectivity index (χ2v) is 10.2. The van der Waals surface area contributed by atoms with E-state index in [4.69, 9.17) is 16.3 Å². The molecule has 0 saturated heterocycles. The average Bonchev–Trinajstić information content (AvgIpc) is 3.26. The van der Waals surface area contributed by atoms with Crippen LogP contribution in [0.25, 0.3) is 11.3 Å². The van der Waals surface area contributed by atoms with Gasteiger partial charge in [0.1, 0.15) is 11.6 Å². The minimum Gasteiger partial charge on any atom is -0.480 e. The lowest BCUT2D eigenvalue weighted by Crippen LogP contribution is -2.79. The predicted molar refractivity (Wildman–Crippen MR) is 119 cm³/mol. The van der Waals surface area contributed by atoms with Gasteiger partial charge in [-0.25, -0.2) is 4.39 Å². The number of fused-ring (bicyclic) bond motifs is 1. The van der Waals surface area contributed by atoms with Crippen molar-refractivity contribution >= 4 is 17.5 Å². The van der Waals surface area contributed by atoms with Crippen molar-refractivity contribution in [3.63, 3.8) is 0 Å². The summed E-state index contributed by atoms with van der Waals surface area (Å²) < 4.78 is 59.6. The Bertz CT molecular complexity index is 1350. The maximum atomic E-state index is 13.8. The summed E-state index contributed by atoms with van der Waals surface area (Å²) >= 11 is 5.78. The van der Waals surface area contributed by atoms with Gasteiger partial charge in [-0.05, 0) is 37.5 Å². The van der Waals surface area contributed by atoms with Gasteiger partial charge in [0.25, 0.3) is 5.91 Å². The first kappa shape index (κ1) is 23.2. The minimum absolute atomic E-state index is 0.0185. The van der Waals surface area contributed by atoms with Crippen LogP contribution in [0.4, 0.5) is 17.6 Å². The van der Waals surface area contributed by atoms with Crippen LogP contribution in [-0.4, -0.2) is 37.4 Å². The number of nitrogens with one attached hydrogen (secondary N) is 1. The van der Waals surface area contributed by atoms with Crippen molar-refractivity contribution in [2.24, 2.45) is 0 Å². The fourth-order valence-electron chi connectivity index (χ4n) is 5.50.